The summed E-state index contributed by atoms with van der Waals surface area (Å²) in [7, 11) is -0.983. The molecule has 0 bridgehead atoms. The first-order valence-electron chi connectivity index (χ1n) is 16.4. The molecule has 6 nitrogen and oxygen atoms in total. The Morgan fingerprint density at radius 1 is 0.426 bits per heavy atom. The normalized spacial score (nSPS) is 19.5. The van der Waals surface area contributed by atoms with Gasteiger partial charge in [-0.15, -0.1) is 0 Å². The van der Waals surface area contributed by atoms with Gasteiger partial charge in [-0.3, -0.25) is 0 Å². The standard InChI is InChI=1S/C39H42B2O6/c1-36(2)37(3,4)45-40(44-36)31-22-24-33(29-20-14-12-18-27(29)31)42-35(26-16-10-9-11-17-26)43-34-25-23-32(28-19-13-15-21-30(28)34)41-46-38(5,6)39(7,8)47-41/h9-25,35H,1-8H3. The highest BCUT2D eigenvalue weighted by atomic mass is 16.7. The van der Waals surface area contributed by atoms with Crippen molar-refractivity contribution in [2.45, 2.75) is 84.1 Å². The molecular formula is C39H42B2O6. The predicted molar refractivity (Wildman–Crippen MR) is 190 cm³/mol. The Hall–Kier alpha value is -3.81. The van der Waals surface area contributed by atoms with Gasteiger partial charge in [0, 0.05) is 16.3 Å². The van der Waals surface area contributed by atoms with E-state index in [2.05, 4.69) is 79.7 Å². The molecule has 47 heavy (non-hydrogen) atoms. The molecule has 0 aliphatic carbocycles. The molecule has 240 valence electrons. The smallest absolute Gasteiger partial charge is 0.450 e. The van der Waals surface area contributed by atoms with Crippen LogP contribution in [0.3, 0.4) is 0 Å². The van der Waals surface area contributed by atoms with Gasteiger partial charge in [-0.05, 0) is 89.2 Å². The second-order valence-electron chi connectivity index (χ2n) is 14.6. The second-order valence-corrected chi connectivity index (χ2v) is 14.6. The second kappa shape index (κ2) is 11.4. The van der Waals surface area contributed by atoms with Gasteiger partial charge in [0.1, 0.15) is 11.5 Å². The zero-order valence-corrected chi connectivity index (χ0v) is 28.5. The van der Waals surface area contributed by atoms with Crippen LogP contribution in [0, 0.1) is 0 Å². The Kier molecular flexibility index (Phi) is 7.72. The largest absolute Gasteiger partial charge is 0.495 e. The number of ether oxygens (including phenoxy) is 2. The molecule has 0 saturated carbocycles. The number of fused-ring (bicyclic) bond motifs is 2. The molecular weight excluding hydrogens is 586 g/mol. The Labute approximate surface area is 278 Å². The molecule has 2 saturated heterocycles. The topological polar surface area (TPSA) is 55.4 Å². The molecule has 0 aromatic heterocycles. The highest BCUT2D eigenvalue weighted by molar-refractivity contribution is 6.65. The van der Waals surface area contributed by atoms with Gasteiger partial charge in [0.15, 0.2) is 0 Å². The van der Waals surface area contributed by atoms with E-state index < -0.39 is 42.9 Å². The van der Waals surface area contributed by atoms with Gasteiger partial charge in [-0.2, -0.15) is 0 Å². The van der Waals surface area contributed by atoms with Crippen molar-refractivity contribution in [2.75, 3.05) is 0 Å². The van der Waals surface area contributed by atoms with Crippen molar-refractivity contribution in [1.82, 2.24) is 0 Å². The lowest BCUT2D eigenvalue weighted by atomic mass is 9.76. The number of hydrogen-bond donors (Lipinski definition) is 0. The molecule has 0 N–H and O–H groups in total. The van der Waals surface area contributed by atoms with Crippen LogP contribution in [0.2, 0.25) is 0 Å². The van der Waals surface area contributed by atoms with E-state index in [9.17, 15) is 0 Å². The zero-order chi connectivity index (χ0) is 33.2. The van der Waals surface area contributed by atoms with E-state index >= 15 is 0 Å². The summed E-state index contributed by atoms with van der Waals surface area (Å²) in [6, 6.07) is 34.5. The SMILES string of the molecule is CC1(C)OB(c2ccc(OC(Oc3ccc(B4OC(C)(C)C(C)(C)O4)c4ccccc34)c3ccccc3)c3ccccc23)OC1(C)C. The summed E-state index contributed by atoms with van der Waals surface area (Å²) < 4.78 is 39.3. The van der Waals surface area contributed by atoms with Crippen LogP contribution in [0.4, 0.5) is 0 Å². The van der Waals surface area contributed by atoms with Crippen molar-refractivity contribution < 1.29 is 28.1 Å². The first kappa shape index (κ1) is 31.8. The molecule has 0 amide bonds. The lowest BCUT2D eigenvalue weighted by Gasteiger charge is -2.32. The van der Waals surface area contributed by atoms with E-state index in [1.807, 2.05) is 78.9 Å². The minimum absolute atomic E-state index is 0.444. The van der Waals surface area contributed by atoms with Crippen molar-refractivity contribution in [2.24, 2.45) is 0 Å². The van der Waals surface area contributed by atoms with Crippen molar-refractivity contribution in [3.8, 4) is 11.5 Å². The Balaban J connectivity index is 1.25. The van der Waals surface area contributed by atoms with Crippen LogP contribution in [0.1, 0.15) is 67.2 Å². The predicted octanol–water partition coefficient (Wildman–Crippen LogP) is 7.75. The number of benzene rings is 5. The lowest BCUT2D eigenvalue weighted by Crippen LogP contribution is -2.41. The monoisotopic (exact) mass is 628 g/mol. The summed E-state index contributed by atoms with van der Waals surface area (Å²) in [6.45, 7) is 16.6. The fourth-order valence-electron chi connectivity index (χ4n) is 6.15. The van der Waals surface area contributed by atoms with E-state index in [-0.39, 0.29) is 0 Å². The van der Waals surface area contributed by atoms with Crippen LogP contribution < -0.4 is 20.4 Å². The summed E-state index contributed by atoms with van der Waals surface area (Å²) in [4.78, 5) is 0. The Morgan fingerprint density at radius 3 is 1.15 bits per heavy atom. The maximum absolute atomic E-state index is 6.80. The van der Waals surface area contributed by atoms with E-state index in [1.165, 1.54) is 0 Å². The average molecular weight is 628 g/mol. The first-order valence-corrected chi connectivity index (χ1v) is 16.4. The number of hydrogen-bond acceptors (Lipinski definition) is 6. The molecule has 2 aliphatic heterocycles. The zero-order valence-electron chi connectivity index (χ0n) is 28.5. The maximum atomic E-state index is 6.80. The van der Waals surface area contributed by atoms with Gasteiger partial charge >= 0.3 is 14.2 Å². The lowest BCUT2D eigenvalue weighted by molar-refractivity contribution is 0.00578. The van der Waals surface area contributed by atoms with Crippen LogP contribution in [-0.2, 0) is 18.6 Å². The molecule has 2 aliphatic rings. The maximum Gasteiger partial charge on any atom is 0.495 e. The summed E-state index contributed by atoms with van der Waals surface area (Å²) in [5, 5.41) is 3.91. The molecule has 0 unspecified atom stereocenters. The summed E-state index contributed by atoms with van der Waals surface area (Å²) in [5.74, 6) is 1.40. The fraction of sp³-hybridized carbons (Fsp3) is 0.333. The van der Waals surface area contributed by atoms with Crippen LogP contribution in [0.15, 0.2) is 103 Å². The van der Waals surface area contributed by atoms with Gasteiger partial charge in [-0.25, -0.2) is 0 Å². The fourth-order valence-corrected chi connectivity index (χ4v) is 6.15. The van der Waals surface area contributed by atoms with Crippen molar-refractivity contribution in [3.63, 3.8) is 0 Å². The molecule has 0 radical (unpaired) electrons. The molecule has 5 aromatic carbocycles. The molecule has 2 fully saturated rings. The average Bonchev–Trinajstić information content (AvgIpc) is 3.40. The summed E-state index contributed by atoms with van der Waals surface area (Å²) in [5.41, 5.74) is 1.05. The molecule has 8 heteroatoms. The Bertz CT molecular complexity index is 1780. The molecule has 7 rings (SSSR count). The molecule has 0 atom stereocenters. The molecule has 5 aromatic rings. The van der Waals surface area contributed by atoms with Crippen LogP contribution in [-0.4, -0.2) is 36.6 Å². The van der Waals surface area contributed by atoms with Crippen LogP contribution >= 0.6 is 0 Å². The summed E-state index contributed by atoms with van der Waals surface area (Å²) in [6.07, 6.45) is -0.728. The minimum atomic E-state index is -0.728. The van der Waals surface area contributed by atoms with Crippen LogP contribution in [0.25, 0.3) is 21.5 Å². The van der Waals surface area contributed by atoms with Gasteiger partial charge in [0.25, 0.3) is 6.29 Å². The Morgan fingerprint density at radius 2 is 0.766 bits per heavy atom. The third kappa shape index (κ3) is 5.61. The van der Waals surface area contributed by atoms with Crippen molar-refractivity contribution >= 4 is 46.7 Å². The summed E-state index contributed by atoms with van der Waals surface area (Å²) >= 11 is 0. The highest BCUT2D eigenvalue weighted by Crippen LogP contribution is 2.40. The highest BCUT2D eigenvalue weighted by Gasteiger charge is 2.53. The van der Waals surface area contributed by atoms with Gasteiger partial charge in [0.05, 0.1) is 22.4 Å². The minimum Gasteiger partial charge on any atom is -0.450 e. The molecule has 0 spiro atoms. The van der Waals surface area contributed by atoms with E-state index in [1.54, 1.807) is 0 Å². The van der Waals surface area contributed by atoms with Gasteiger partial charge < -0.3 is 28.1 Å². The molecule has 2 heterocycles. The van der Waals surface area contributed by atoms with Gasteiger partial charge in [0.2, 0.25) is 0 Å². The quantitative estimate of drug-likeness (QED) is 0.136. The van der Waals surface area contributed by atoms with Crippen LogP contribution in [0.5, 0.6) is 11.5 Å². The van der Waals surface area contributed by atoms with Crippen molar-refractivity contribution in [3.05, 3.63) is 109 Å². The van der Waals surface area contributed by atoms with Crippen molar-refractivity contribution in [1.29, 1.82) is 0 Å². The van der Waals surface area contributed by atoms with E-state index in [0.29, 0.717) is 11.5 Å². The third-order valence-corrected chi connectivity index (χ3v) is 10.4. The third-order valence-electron chi connectivity index (χ3n) is 10.4. The van der Waals surface area contributed by atoms with E-state index in [4.69, 9.17) is 28.1 Å². The number of rotatable bonds is 7. The first-order chi connectivity index (χ1) is 22.3. The van der Waals surface area contributed by atoms with E-state index in [0.717, 1.165) is 38.0 Å². The van der Waals surface area contributed by atoms with Gasteiger partial charge in [-0.1, -0.05) is 91.0 Å².